The van der Waals surface area contributed by atoms with Crippen molar-refractivity contribution in [3.05, 3.63) is 77.9 Å². The first-order chi connectivity index (χ1) is 16.1. The normalized spacial score (nSPS) is 11.3. The van der Waals surface area contributed by atoms with E-state index in [2.05, 4.69) is 57.7 Å². The SMILES string of the molecule is CCCCC(=O)Nc1ccc(C(=O)NN=Cc2ccc3c(c2)c2ccccc2n3CC)cc1. The van der Waals surface area contributed by atoms with Crippen molar-refractivity contribution in [2.75, 3.05) is 5.32 Å². The van der Waals surface area contributed by atoms with Gasteiger partial charge >= 0.3 is 0 Å². The van der Waals surface area contributed by atoms with Gasteiger partial charge in [-0.15, -0.1) is 0 Å². The summed E-state index contributed by atoms with van der Waals surface area (Å²) in [4.78, 5) is 24.3. The van der Waals surface area contributed by atoms with Gasteiger partial charge in [-0.1, -0.05) is 37.6 Å². The molecule has 0 atom stereocenters. The molecule has 4 rings (SSSR count). The van der Waals surface area contributed by atoms with E-state index < -0.39 is 0 Å². The first-order valence-corrected chi connectivity index (χ1v) is 11.3. The maximum absolute atomic E-state index is 12.4. The highest BCUT2D eigenvalue weighted by Gasteiger charge is 2.09. The van der Waals surface area contributed by atoms with Gasteiger partial charge in [-0.25, -0.2) is 5.43 Å². The molecule has 3 aromatic carbocycles. The fourth-order valence-corrected chi connectivity index (χ4v) is 3.99. The highest BCUT2D eigenvalue weighted by atomic mass is 16.2. The molecule has 33 heavy (non-hydrogen) atoms. The van der Waals surface area contributed by atoms with Gasteiger partial charge in [-0.05, 0) is 61.4 Å². The zero-order valence-corrected chi connectivity index (χ0v) is 19.0. The Kier molecular flexibility index (Phi) is 6.83. The Bertz CT molecular complexity index is 1320. The number of hydrogen-bond acceptors (Lipinski definition) is 3. The van der Waals surface area contributed by atoms with Crippen molar-refractivity contribution in [2.24, 2.45) is 5.10 Å². The highest BCUT2D eigenvalue weighted by Crippen LogP contribution is 2.29. The minimum Gasteiger partial charge on any atom is -0.341 e. The number of carbonyl (C=O) groups excluding carboxylic acids is 2. The van der Waals surface area contributed by atoms with Crippen LogP contribution in [0.3, 0.4) is 0 Å². The third kappa shape index (κ3) is 4.95. The number of aryl methyl sites for hydroxylation is 1. The lowest BCUT2D eigenvalue weighted by atomic mass is 10.1. The number of rotatable bonds is 8. The number of nitrogens with one attached hydrogen (secondary N) is 2. The standard InChI is InChI=1S/C27H28N4O2/c1-3-5-10-26(32)29-21-14-12-20(13-15-21)27(33)30-28-18-19-11-16-25-23(17-19)22-8-6-7-9-24(22)31(25)4-2/h6-9,11-18H,3-5,10H2,1-2H3,(H,29,32)(H,30,33). The van der Waals surface area contributed by atoms with E-state index in [4.69, 9.17) is 0 Å². The molecule has 0 saturated carbocycles. The van der Waals surface area contributed by atoms with E-state index in [-0.39, 0.29) is 11.8 Å². The Morgan fingerprint density at radius 2 is 1.70 bits per heavy atom. The second kappa shape index (κ2) is 10.1. The molecular weight excluding hydrogens is 412 g/mol. The van der Waals surface area contributed by atoms with Crippen LogP contribution >= 0.6 is 0 Å². The Labute approximate surface area is 193 Å². The first kappa shape index (κ1) is 22.3. The predicted octanol–water partition coefficient (Wildman–Crippen LogP) is 5.71. The maximum atomic E-state index is 12.4. The summed E-state index contributed by atoms with van der Waals surface area (Å²) in [6, 6.07) is 21.3. The van der Waals surface area contributed by atoms with Gasteiger partial charge in [0.25, 0.3) is 5.91 Å². The Morgan fingerprint density at radius 3 is 2.45 bits per heavy atom. The summed E-state index contributed by atoms with van der Waals surface area (Å²) in [6.07, 6.45) is 3.98. The van der Waals surface area contributed by atoms with E-state index in [1.165, 1.54) is 21.8 Å². The number of unbranched alkanes of at least 4 members (excludes halogenated alkanes) is 1. The molecule has 0 aliphatic heterocycles. The van der Waals surface area contributed by atoms with Crippen LogP contribution in [0.15, 0.2) is 71.8 Å². The molecule has 0 aliphatic carbocycles. The summed E-state index contributed by atoms with van der Waals surface area (Å²) in [7, 11) is 0. The number of aromatic nitrogens is 1. The van der Waals surface area contributed by atoms with E-state index in [1.54, 1.807) is 30.5 Å². The maximum Gasteiger partial charge on any atom is 0.271 e. The fraction of sp³-hybridized carbons (Fsp3) is 0.222. The van der Waals surface area contributed by atoms with Crippen molar-refractivity contribution in [2.45, 2.75) is 39.7 Å². The van der Waals surface area contributed by atoms with Crippen molar-refractivity contribution in [3.63, 3.8) is 0 Å². The molecule has 0 saturated heterocycles. The van der Waals surface area contributed by atoms with Gasteiger partial charge in [0.1, 0.15) is 0 Å². The van der Waals surface area contributed by atoms with Gasteiger partial charge in [0, 0.05) is 46.0 Å². The average Bonchev–Trinajstić information content (AvgIpc) is 3.16. The quantitative estimate of drug-likeness (QED) is 0.272. The minimum atomic E-state index is -0.307. The minimum absolute atomic E-state index is 0.0160. The third-order valence-electron chi connectivity index (χ3n) is 5.68. The van der Waals surface area contributed by atoms with Gasteiger partial charge in [0.15, 0.2) is 0 Å². The highest BCUT2D eigenvalue weighted by molar-refractivity contribution is 6.09. The molecular formula is C27H28N4O2. The van der Waals surface area contributed by atoms with Crippen LogP contribution in [0.25, 0.3) is 21.8 Å². The molecule has 0 spiro atoms. The number of carbonyl (C=O) groups is 2. The van der Waals surface area contributed by atoms with Crippen molar-refractivity contribution in [1.82, 2.24) is 9.99 Å². The monoisotopic (exact) mass is 440 g/mol. The molecule has 168 valence electrons. The number of nitrogens with zero attached hydrogens (tertiary/aromatic N) is 2. The second-order valence-corrected chi connectivity index (χ2v) is 7.97. The molecule has 1 aromatic heterocycles. The van der Waals surface area contributed by atoms with E-state index in [1.807, 2.05) is 19.1 Å². The molecule has 0 unspecified atom stereocenters. The van der Waals surface area contributed by atoms with Crippen LogP contribution in [0, 0.1) is 0 Å². The summed E-state index contributed by atoms with van der Waals surface area (Å²) in [5, 5.41) is 9.34. The lowest BCUT2D eigenvalue weighted by molar-refractivity contribution is -0.116. The van der Waals surface area contributed by atoms with Crippen LogP contribution in [0.1, 0.15) is 49.0 Å². The Hall–Kier alpha value is -3.93. The van der Waals surface area contributed by atoms with Gasteiger partial charge < -0.3 is 9.88 Å². The Balaban J connectivity index is 1.43. The molecule has 2 amide bonds. The molecule has 0 bridgehead atoms. The number of benzene rings is 3. The zero-order chi connectivity index (χ0) is 23.2. The topological polar surface area (TPSA) is 75.5 Å². The molecule has 6 nitrogen and oxygen atoms in total. The first-order valence-electron chi connectivity index (χ1n) is 11.3. The number of hydrazone groups is 1. The van der Waals surface area contributed by atoms with E-state index >= 15 is 0 Å². The Morgan fingerprint density at radius 1 is 0.939 bits per heavy atom. The summed E-state index contributed by atoms with van der Waals surface area (Å²) in [5.74, 6) is -0.323. The van der Waals surface area contributed by atoms with Crippen molar-refractivity contribution >= 4 is 45.5 Å². The van der Waals surface area contributed by atoms with Gasteiger partial charge in [0.2, 0.25) is 5.91 Å². The summed E-state index contributed by atoms with van der Waals surface area (Å²) >= 11 is 0. The lowest BCUT2D eigenvalue weighted by Gasteiger charge is -2.06. The predicted molar refractivity (Wildman–Crippen MR) is 135 cm³/mol. The van der Waals surface area contributed by atoms with Crippen molar-refractivity contribution < 1.29 is 9.59 Å². The van der Waals surface area contributed by atoms with E-state index in [0.717, 1.165) is 24.9 Å². The fourth-order valence-electron chi connectivity index (χ4n) is 3.99. The zero-order valence-electron chi connectivity index (χ0n) is 19.0. The number of hydrogen-bond donors (Lipinski definition) is 2. The van der Waals surface area contributed by atoms with Crippen LogP contribution in [-0.4, -0.2) is 22.6 Å². The second-order valence-electron chi connectivity index (χ2n) is 7.97. The van der Waals surface area contributed by atoms with Gasteiger partial charge in [-0.2, -0.15) is 5.10 Å². The van der Waals surface area contributed by atoms with Crippen LogP contribution in [0.2, 0.25) is 0 Å². The average molecular weight is 441 g/mol. The van der Waals surface area contributed by atoms with E-state index in [9.17, 15) is 9.59 Å². The number of fused-ring (bicyclic) bond motifs is 3. The van der Waals surface area contributed by atoms with E-state index in [0.29, 0.717) is 17.7 Å². The largest absolute Gasteiger partial charge is 0.341 e. The van der Waals surface area contributed by atoms with Gasteiger partial charge in [0.05, 0.1) is 6.21 Å². The summed E-state index contributed by atoms with van der Waals surface area (Å²) < 4.78 is 2.29. The van der Waals surface area contributed by atoms with Crippen molar-refractivity contribution in [1.29, 1.82) is 0 Å². The molecule has 1 heterocycles. The molecule has 4 aromatic rings. The third-order valence-corrected chi connectivity index (χ3v) is 5.68. The lowest BCUT2D eigenvalue weighted by Crippen LogP contribution is -2.17. The van der Waals surface area contributed by atoms with Crippen LogP contribution < -0.4 is 10.7 Å². The van der Waals surface area contributed by atoms with Crippen LogP contribution in [-0.2, 0) is 11.3 Å². The van der Waals surface area contributed by atoms with Crippen molar-refractivity contribution in [3.8, 4) is 0 Å². The molecule has 0 aliphatic rings. The smallest absolute Gasteiger partial charge is 0.271 e. The van der Waals surface area contributed by atoms with Crippen LogP contribution in [0.4, 0.5) is 5.69 Å². The van der Waals surface area contributed by atoms with Gasteiger partial charge in [-0.3, -0.25) is 9.59 Å². The summed E-state index contributed by atoms with van der Waals surface area (Å²) in [6.45, 7) is 5.09. The summed E-state index contributed by atoms with van der Waals surface area (Å²) in [5.41, 5.74) is 7.03. The number of para-hydroxylation sites is 1. The number of anilines is 1. The molecule has 0 radical (unpaired) electrons. The molecule has 6 heteroatoms. The molecule has 0 fully saturated rings. The molecule has 2 N–H and O–H groups in total. The van der Waals surface area contributed by atoms with Crippen LogP contribution in [0.5, 0.6) is 0 Å². The number of amides is 2.